The van der Waals surface area contributed by atoms with Crippen LogP contribution in [-0.2, 0) is 4.74 Å². The van der Waals surface area contributed by atoms with Gasteiger partial charge in [-0.25, -0.2) is 14.8 Å². The predicted molar refractivity (Wildman–Crippen MR) is 70.3 cm³/mol. The van der Waals surface area contributed by atoms with Gasteiger partial charge in [0.15, 0.2) is 0 Å². The average molecular weight is 270 g/mol. The summed E-state index contributed by atoms with van der Waals surface area (Å²) in [6, 6.07) is 0. The van der Waals surface area contributed by atoms with E-state index >= 15 is 0 Å². The fourth-order valence-electron chi connectivity index (χ4n) is 1.55. The molecule has 0 aliphatic carbocycles. The first kappa shape index (κ1) is 14.9. The smallest absolute Gasteiger partial charge is 0.340 e. The number of nitrogens with zero attached hydrogens (tertiary/aromatic N) is 2. The summed E-state index contributed by atoms with van der Waals surface area (Å²) in [5.74, 6) is -0.382. The number of rotatable bonds is 6. The number of thioether (sulfide) groups is 1. The molecule has 1 rings (SSSR count). The van der Waals surface area contributed by atoms with E-state index in [0.717, 1.165) is 6.42 Å². The van der Waals surface area contributed by atoms with E-state index in [-0.39, 0.29) is 10.8 Å². The topological polar surface area (TPSA) is 72.3 Å². The van der Waals surface area contributed by atoms with Crippen molar-refractivity contribution in [2.24, 2.45) is 0 Å². The summed E-state index contributed by atoms with van der Waals surface area (Å²) in [5.41, 5.74) is 0.714. The molecule has 0 saturated carbocycles. The fourth-order valence-corrected chi connectivity index (χ4v) is 2.68. The summed E-state index contributed by atoms with van der Waals surface area (Å²) in [6.07, 6.45) is 0.850. The van der Waals surface area contributed by atoms with Crippen LogP contribution < -0.4 is 0 Å². The van der Waals surface area contributed by atoms with E-state index in [1.54, 1.807) is 21.0 Å². The van der Waals surface area contributed by atoms with Crippen molar-refractivity contribution in [1.82, 2.24) is 9.97 Å². The molecule has 100 valence electrons. The van der Waals surface area contributed by atoms with E-state index < -0.39 is 5.97 Å². The lowest BCUT2D eigenvalue weighted by molar-refractivity contribution is 0.0690. The van der Waals surface area contributed by atoms with E-state index in [9.17, 15) is 9.90 Å². The normalized spacial score (nSPS) is 12.4. The molecule has 1 heterocycles. The number of aryl methyl sites for hydroxylation is 2. The third kappa shape index (κ3) is 3.96. The van der Waals surface area contributed by atoms with E-state index in [0.29, 0.717) is 23.2 Å². The molecule has 0 saturated heterocycles. The molecule has 1 aromatic rings. The molecule has 5 nitrogen and oxygen atoms in total. The number of ether oxygens (including phenoxy) is 1. The van der Waals surface area contributed by atoms with E-state index in [4.69, 9.17) is 4.74 Å². The molecule has 1 aromatic heterocycles. The van der Waals surface area contributed by atoms with Crippen molar-refractivity contribution >= 4 is 17.7 Å². The van der Waals surface area contributed by atoms with Crippen molar-refractivity contribution in [3.8, 4) is 0 Å². The molecule has 0 spiro atoms. The Kier molecular flexibility index (Phi) is 5.55. The van der Waals surface area contributed by atoms with Gasteiger partial charge in [0, 0.05) is 19.0 Å². The van der Waals surface area contributed by atoms with E-state index in [2.05, 4.69) is 9.97 Å². The lowest BCUT2D eigenvalue weighted by Gasteiger charge is -2.13. The van der Waals surface area contributed by atoms with Crippen LogP contribution >= 0.6 is 11.8 Å². The van der Waals surface area contributed by atoms with Crippen LogP contribution in [0.25, 0.3) is 0 Å². The number of methoxy groups -OCH3 is 1. The molecule has 0 aromatic carbocycles. The van der Waals surface area contributed by atoms with Gasteiger partial charge in [-0.15, -0.1) is 11.8 Å². The highest BCUT2D eigenvalue weighted by atomic mass is 32.2. The second-order valence-electron chi connectivity index (χ2n) is 4.05. The molecule has 1 atom stereocenters. The summed E-state index contributed by atoms with van der Waals surface area (Å²) in [6.45, 7) is 6.15. The van der Waals surface area contributed by atoms with Crippen molar-refractivity contribution in [1.29, 1.82) is 0 Å². The number of aromatic nitrogens is 2. The zero-order valence-electron chi connectivity index (χ0n) is 11.1. The molecule has 1 unspecified atom stereocenters. The number of carbonyl (C=O) groups is 1. The molecule has 18 heavy (non-hydrogen) atoms. The summed E-state index contributed by atoms with van der Waals surface area (Å²) >= 11 is 1.45. The SMILES string of the molecule is COCCC(C)Sc1nc(C)nc(C)c1C(=O)O. The van der Waals surface area contributed by atoms with Crippen LogP contribution in [0.3, 0.4) is 0 Å². The van der Waals surface area contributed by atoms with Gasteiger partial charge in [-0.1, -0.05) is 6.92 Å². The Balaban J connectivity index is 2.96. The van der Waals surface area contributed by atoms with Gasteiger partial charge in [0.25, 0.3) is 0 Å². The van der Waals surface area contributed by atoms with Gasteiger partial charge < -0.3 is 9.84 Å². The molecule has 0 amide bonds. The Morgan fingerprint density at radius 2 is 2.11 bits per heavy atom. The maximum Gasteiger partial charge on any atom is 0.340 e. The van der Waals surface area contributed by atoms with Crippen molar-refractivity contribution in [2.45, 2.75) is 37.5 Å². The highest BCUT2D eigenvalue weighted by Gasteiger charge is 2.19. The summed E-state index contributed by atoms with van der Waals surface area (Å²) in [5, 5.41) is 9.99. The van der Waals surface area contributed by atoms with Gasteiger partial charge in [0.05, 0.1) is 5.69 Å². The Bertz CT molecular complexity index is 438. The second kappa shape index (κ2) is 6.70. The minimum atomic E-state index is -0.978. The van der Waals surface area contributed by atoms with Crippen molar-refractivity contribution in [3.63, 3.8) is 0 Å². The maximum atomic E-state index is 11.2. The lowest BCUT2D eigenvalue weighted by Crippen LogP contribution is -2.10. The number of hydrogen-bond acceptors (Lipinski definition) is 5. The Morgan fingerprint density at radius 1 is 1.44 bits per heavy atom. The number of carboxylic acid groups (broad SMARTS) is 1. The van der Waals surface area contributed by atoms with Gasteiger partial charge in [0.1, 0.15) is 16.4 Å². The highest BCUT2D eigenvalue weighted by molar-refractivity contribution is 7.99. The largest absolute Gasteiger partial charge is 0.478 e. The molecule has 1 N–H and O–H groups in total. The first-order chi connectivity index (χ1) is 8.45. The van der Waals surface area contributed by atoms with Crippen LogP contribution in [0.15, 0.2) is 5.03 Å². The van der Waals surface area contributed by atoms with Crippen LogP contribution in [0.4, 0.5) is 0 Å². The summed E-state index contributed by atoms with van der Waals surface area (Å²) < 4.78 is 5.01. The van der Waals surface area contributed by atoms with Crippen LogP contribution in [0.1, 0.15) is 35.2 Å². The van der Waals surface area contributed by atoms with Gasteiger partial charge in [-0.3, -0.25) is 0 Å². The number of carboxylic acids is 1. The first-order valence-corrected chi connectivity index (χ1v) is 6.57. The minimum Gasteiger partial charge on any atom is -0.478 e. The van der Waals surface area contributed by atoms with Gasteiger partial charge in [-0.2, -0.15) is 0 Å². The Morgan fingerprint density at radius 3 is 2.67 bits per heavy atom. The lowest BCUT2D eigenvalue weighted by atomic mass is 10.2. The van der Waals surface area contributed by atoms with Gasteiger partial charge in [-0.05, 0) is 20.3 Å². The van der Waals surface area contributed by atoms with Crippen LogP contribution in [-0.4, -0.2) is 40.0 Å². The average Bonchev–Trinajstić information content (AvgIpc) is 2.24. The van der Waals surface area contributed by atoms with Crippen molar-refractivity contribution in [2.75, 3.05) is 13.7 Å². The second-order valence-corrected chi connectivity index (χ2v) is 5.48. The first-order valence-electron chi connectivity index (χ1n) is 5.69. The van der Waals surface area contributed by atoms with Gasteiger partial charge in [0.2, 0.25) is 0 Å². The van der Waals surface area contributed by atoms with E-state index in [1.165, 1.54) is 11.8 Å². The predicted octanol–water partition coefficient (Wildman–Crippen LogP) is 2.31. The standard InChI is InChI=1S/C12H18N2O3S/c1-7(5-6-17-4)18-11-10(12(15)16)8(2)13-9(3)14-11/h7H,5-6H2,1-4H3,(H,15,16). The molecular weight excluding hydrogens is 252 g/mol. The molecular formula is C12H18N2O3S. The van der Waals surface area contributed by atoms with Crippen LogP contribution in [0.2, 0.25) is 0 Å². The molecule has 0 fully saturated rings. The highest BCUT2D eigenvalue weighted by Crippen LogP contribution is 2.28. The van der Waals surface area contributed by atoms with Crippen molar-refractivity contribution < 1.29 is 14.6 Å². The molecule has 0 radical (unpaired) electrons. The third-order valence-corrected chi connectivity index (χ3v) is 3.58. The fraction of sp³-hybridized carbons (Fsp3) is 0.583. The van der Waals surface area contributed by atoms with Crippen molar-refractivity contribution in [3.05, 3.63) is 17.1 Å². The summed E-state index contributed by atoms with van der Waals surface area (Å²) in [4.78, 5) is 19.6. The zero-order chi connectivity index (χ0) is 13.7. The quantitative estimate of drug-likeness (QED) is 0.631. The van der Waals surface area contributed by atoms with E-state index in [1.807, 2.05) is 6.92 Å². The van der Waals surface area contributed by atoms with Gasteiger partial charge >= 0.3 is 5.97 Å². The molecule has 0 aliphatic heterocycles. The number of hydrogen-bond donors (Lipinski definition) is 1. The molecule has 0 aliphatic rings. The summed E-state index contributed by atoms with van der Waals surface area (Å²) in [7, 11) is 1.65. The maximum absolute atomic E-state index is 11.2. The minimum absolute atomic E-state index is 0.204. The molecule has 6 heteroatoms. The van der Waals surface area contributed by atoms with Crippen LogP contribution in [0, 0.1) is 13.8 Å². The number of aromatic carboxylic acids is 1. The zero-order valence-corrected chi connectivity index (χ0v) is 11.9. The Hall–Kier alpha value is -1.14. The monoisotopic (exact) mass is 270 g/mol. The third-order valence-electron chi connectivity index (χ3n) is 2.42. The van der Waals surface area contributed by atoms with Crippen LogP contribution in [0.5, 0.6) is 0 Å². The Labute approximate surface area is 111 Å². The molecule has 0 bridgehead atoms.